The molecule has 0 aromatic heterocycles. The van der Waals surface area contributed by atoms with Crippen LogP contribution < -0.4 is 5.32 Å². The van der Waals surface area contributed by atoms with Gasteiger partial charge in [0.25, 0.3) is 5.69 Å². The Morgan fingerprint density at radius 3 is 2.45 bits per heavy atom. The number of hydrogen-bond donors (Lipinski definition) is 1. The molecule has 1 heterocycles. The van der Waals surface area contributed by atoms with Gasteiger partial charge in [-0.05, 0) is 30.7 Å². The Morgan fingerprint density at radius 2 is 1.81 bits per heavy atom. The second kappa shape index (κ2) is 9.49. The molecule has 2 aromatic rings. The van der Waals surface area contributed by atoms with Gasteiger partial charge in [-0.25, -0.2) is 8.42 Å². The van der Waals surface area contributed by atoms with Gasteiger partial charge in [-0.2, -0.15) is 4.31 Å². The van der Waals surface area contributed by atoms with Crippen LogP contribution in [0, 0.1) is 17.0 Å². The van der Waals surface area contributed by atoms with Crippen molar-refractivity contribution < 1.29 is 18.1 Å². The van der Waals surface area contributed by atoms with Crippen molar-refractivity contribution in [2.45, 2.75) is 11.8 Å². The predicted octanol–water partition coefficient (Wildman–Crippen LogP) is 3.16. The summed E-state index contributed by atoms with van der Waals surface area (Å²) in [5, 5.41) is 14.5. The van der Waals surface area contributed by atoms with Gasteiger partial charge in [0.05, 0.1) is 27.1 Å². The third-order valence-corrected chi connectivity index (χ3v) is 7.51. The summed E-state index contributed by atoms with van der Waals surface area (Å²) in [6.07, 6.45) is 0. The third kappa shape index (κ3) is 5.52. The van der Waals surface area contributed by atoms with E-state index in [0.29, 0.717) is 34.4 Å². The second-order valence-electron chi connectivity index (χ2n) is 7.06. The first-order valence-corrected chi connectivity index (χ1v) is 11.5. The molecule has 0 unspecified atom stereocenters. The second-order valence-corrected chi connectivity index (χ2v) is 9.81. The number of carbonyl (C=O) groups is 1. The number of aryl methyl sites for hydroxylation is 1. The summed E-state index contributed by atoms with van der Waals surface area (Å²) in [5.74, 6) is -0.296. The van der Waals surface area contributed by atoms with E-state index in [4.69, 9.17) is 23.2 Å². The zero-order chi connectivity index (χ0) is 22.8. The Hall–Kier alpha value is -2.24. The maximum Gasteiger partial charge on any atom is 0.270 e. The summed E-state index contributed by atoms with van der Waals surface area (Å²) in [4.78, 5) is 24.5. The van der Waals surface area contributed by atoms with Crippen LogP contribution in [0.2, 0.25) is 10.0 Å². The number of halogens is 2. The van der Waals surface area contributed by atoms with Gasteiger partial charge in [0, 0.05) is 43.3 Å². The molecular weight excluding hydrogens is 467 g/mol. The summed E-state index contributed by atoms with van der Waals surface area (Å²) in [6, 6.07) is 8.53. The number of piperazine rings is 1. The minimum Gasteiger partial charge on any atom is -0.324 e. The summed E-state index contributed by atoms with van der Waals surface area (Å²) >= 11 is 12.0. The van der Waals surface area contributed by atoms with E-state index in [2.05, 4.69) is 5.32 Å². The lowest BCUT2D eigenvalue weighted by Gasteiger charge is -2.33. The van der Waals surface area contributed by atoms with E-state index >= 15 is 0 Å². The number of sulfonamides is 1. The van der Waals surface area contributed by atoms with E-state index in [1.807, 2.05) is 4.90 Å². The van der Waals surface area contributed by atoms with Crippen LogP contribution in [0.1, 0.15) is 5.56 Å². The highest BCUT2D eigenvalue weighted by molar-refractivity contribution is 7.89. The van der Waals surface area contributed by atoms with Gasteiger partial charge in [-0.15, -0.1) is 0 Å². The molecule has 0 aliphatic carbocycles. The van der Waals surface area contributed by atoms with Crippen molar-refractivity contribution in [3.8, 4) is 0 Å². The van der Waals surface area contributed by atoms with Gasteiger partial charge in [0.1, 0.15) is 0 Å². The number of non-ortho nitro benzene ring substituents is 1. The maximum atomic E-state index is 13.0. The molecular formula is C19H20Cl2N4O5S. The zero-order valence-electron chi connectivity index (χ0n) is 16.5. The SMILES string of the molecule is Cc1ccc([N+](=O)[O-])cc1S(=O)(=O)N1CCN(CC(=O)Nc2cc(Cl)ccc2Cl)CC1. The van der Waals surface area contributed by atoms with Crippen molar-refractivity contribution in [2.24, 2.45) is 0 Å². The normalized spacial score (nSPS) is 15.6. The molecule has 31 heavy (non-hydrogen) atoms. The van der Waals surface area contributed by atoms with E-state index in [-0.39, 0.29) is 36.1 Å². The van der Waals surface area contributed by atoms with Crippen molar-refractivity contribution in [1.29, 1.82) is 0 Å². The molecule has 0 radical (unpaired) electrons. The molecule has 0 atom stereocenters. The molecule has 166 valence electrons. The molecule has 9 nitrogen and oxygen atoms in total. The molecule has 1 fully saturated rings. The summed E-state index contributed by atoms with van der Waals surface area (Å²) in [6.45, 7) is 2.66. The first-order chi connectivity index (χ1) is 14.6. The molecule has 0 bridgehead atoms. The van der Waals surface area contributed by atoms with Crippen LogP contribution in [-0.4, -0.2) is 61.2 Å². The zero-order valence-corrected chi connectivity index (χ0v) is 18.9. The molecule has 1 saturated heterocycles. The van der Waals surface area contributed by atoms with Gasteiger partial charge in [-0.1, -0.05) is 29.3 Å². The number of carbonyl (C=O) groups excluding carboxylic acids is 1. The fourth-order valence-corrected chi connectivity index (χ4v) is 5.24. The first-order valence-electron chi connectivity index (χ1n) is 9.30. The quantitative estimate of drug-likeness (QED) is 0.495. The predicted molar refractivity (Wildman–Crippen MR) is 118 cm³/mol. The first kappa shape index (κ1) is 23.4. The van der Waals surface area contributed by atoms with Crippen molar-refractivity contribution in [2.75, 3.05) is 38.0 Å². The Balaban J connectivity index is 1.62. The van der Waals surface area contributed by atoms with Crippen molar-refractivity contribution in [1.82, 2.24) is 9.21 Å². The smallest absolute Gasteiger partial charge is 0.270 e. The fraction of sp³-hybridized carbons (Fsp3) is 0.316. The van der Waals surface area contributed by atoms with Crippen LogP contribution in [0.25, 0.3) is 0 Å². The molecule has 1 aliphatic heterocycles. The minimum absolute atomic E-state index is 0.0621. The van der Waals surface area contributed by atoms with Crippen LogP contribution in [0.15, 0.2) is 41.3 Å². The number of nitro groups is 1. The Kier molecular flexibility index (Phi) is 7.17. The van der Waals surface area contributed by atoms with Gasteiger partial charge < -0.3 is 5.32 Å². The number of nitrogens with one attached hydrogen (secondary N) is 1. The summed E-state index contributed by atoms with van der Waals surface area (Å²) in [7, 11) is -3.89. The fourth-order valence-electron chi connectivity index (χ4n) is 3.23. The number of nitro benzene ring substituents is 1. The van der Waals surface area contributed by atoms with Crippen molar-refractivity contribution >= 4 is 50.5 Å². The number of hydrogen-bond acceptors (Lipinski definition) is 6. The van der Waals surface area contributed by atoms with E-state index < -0.39 is 14.9 Å². The average Bonchev–Trinajstić information content (AvgIpc) is 2.71. The standard InChI is InChI=1S/C19H20Cl2N4O5S/c1-13-2-4-15(25(27)28)11-18(13)31(29,30)24-8-6-23(7-9-24)12-19(26)22-17-10-14(20)3-5-16(17)21/h2-5,10-11H,6-9,12H2,1H3,(H,22,26). The number of amides is 1. The Bertz CT molecular complexity index is 1120. The molecule has 0 spiro atoms. The van der Waals surface area contributed by atoms with Crippen LogP contribution >= 0.6 is 23.2 Å². The number of rotatable bonds is 6. The van der Waals surface area contributed by atoms with Crippen molar-refractivity contribution in [3.63, 3.8) is 0 Å². The molecule has 1 aliphatic rings. The average molecular weight is 487 g/mol. The largest absolute Gasteiger partial charge is 0.324 e. The highest BCUT2D eigenvalue weighted by Crippen LogP contribution is 2.27. The van der Waals surface area contributed by atoms with Crippen LogP contribution in [0.3, 0.4) is 0 Å². The Morgan fingerprint density at radius 1 is 1.13 bits per heavy atom. The van der Waals surface area contributed by atoms with Gasteiger partial charge >= 0.3 is 0 Å². The number of anilines is 1. The van der Waals surface area contributed by atoms with E-state index in [0.717, 1.165) is 6.07 Å². The summed E-state index contributed by atoms with van der Waals surface area (Å²) < 4.78 is 27.3. The maximum absolute atomic E-state index is 13.0. The summed E-state index contributed by atoms with van der Waals surface area (Å²) in [5.41, 5.74) is 0.562. The molecule has 2 aromatic carbocycles. The monoisotopic (exact) mass is 486 g/mol. The number of nitrogens with zero attached hydrogens (tertiary/aromatic N) is 3. The lowest BCUT2D eigenvalue weighted by Crippen LogP contribution is -2.50. The minimum atomic E-state index is -3.89. The topological polar surface area (TPSA) is 113 Å². The van der Waals surface area contributed by atoms with Crippen LogP contribution in [0.4, 0.5) is 11.4 Å². The lowest BCUT2D eigenvalue weighted by molar-refractivity contribution is -0.385. The Labute approximate surface area is 189 Å². The molecule has 0 saturated carbocycles. The molecule has 1 N–H and O–H groups in total. The van der Waals surface area contributed by atoms with E-state index in [9.17, 15) is 23.3 Å². The highest BCUT2D eigenvalue weighted by atomic mass is 35.5. The molecule has 1 amide bonds. The lowest BCUT2D eigenvalue weighted by atomic mass is 10.2. The number of benzene rings is 2. The van der Waals surface area contributed by atoms with E-state index in [1.165, 1.54) is 16.4 Å². The molecule has 3 rings (SSSR count). The van der Waals surface area contributed by atoms with Crippen LogP contribution in [0.5, 0.6) is 0 Å². The van der Waals surface area contributed by atoms with Gasteiger partial charge in [-0.3, -0.25) is 19.8 Å². The highest BCUT2D eigenvalue weighted by Gasteiger charge is 2.31. The van der Waals surface area contributed by atoms with E-state index in [1.54, 1.807) is 25.1 Å². The van der Waals surface area contributed by atoms with Gasteiger partial charge in [0.2, 0.25) is 15.9 Å². The third-order valence-electron chi connectivity index (χ3n) is 4.90. The van der Waals surface area contributed by atoms with Crippen molar-refractivity contribution in [3.05, 3.63) is 62.1 Å². The van der Waals surface area contributed by atoms with Gasteiger partial charge in [0.15, 0.2) is 0 Å². The molecule has 12 heteroatoms. The van der Waals surface area contributed by atoms with Crippen LogP contribution in [-0.2, 0) is 14.8 Å².